The summed E-state index contributed by atoms with van der Waals surface area (Å²) in [5.74, 6) is -0.567. The highest BCUT2D eigenvalue weighted by Crippen LogP contribution is 2.33. The molecule has 0 aliphatic heterocycles. The zero-order chi connectivity index (χ0) is 16.3. The van der Waals surface area contributed by atoms with Crippen LogP contribution in [-0.4, -0.2) is 5.91 Å². The van der Waals surface area contributed by atoms with Gasteiger partial charge < -0.3 is 11.1 Å². The first-order valence-corrected chi connectivity index (χ1v) is 6.58. The van der Waals surface area contributed by atoms with E-state index in [-0.39, 0.29) is 11.3 Å². The summed E-state index contributed by atoms with van der Waals surface area (Å²) in [7, 11) is 0. The van der Waals surface area contributed by atoms with Crippen LogP contribution in [0.2, 0.25) is 0 Å². The predicted octanol–water partition coefficient (Wildman–Crippen LogP) is 3.65. The van der Waals surface area contributed by atoms with Gasteiger partial charge in [-0.05, 0) is 30.2 Å². The lowest BCUT2D eigenvalue weighted by Gasteiger charge is -2.15. The van der Waals surface area contributed by atoms with Gasteiger partial charge in [0.05, 0.1) is 5.56 Å². The van der Waals surface area contributed by atoms with Crippen molar-refractivity contribution in [2.75, 3.05) is 5.32 Å². The number of carbonyl (C=O) groups excluding carboxylic acids is 1. The molecule has 22 heavy (non-hydrogen) atoms. The molecule has 116 valence electrons. The molecule has 0 heterocycles. The van der Waals surface area contributed by atoms with Gasteiger partial charge >= 0.3 is 6.18 Å². The number of nitrogens with two attached hydrogens (primary N) is 1. The maximum atomic E-state index is 12.9. The Balaban J connectivity index is 2.19. The number of halogens is 3. The van der Waals surface area contributed by atoms with E-state index in [1.54, 1.807) is 30.3 Å². The summed E-state index contributed by atoms with van der Waals surface area (Å²) in [5, 5.41) is 2.42. The normalized spacial score (nSPS) is 12.8. The molecule has 0 fully saturated rings. The monoisotopic (exact) mass is 308 g/mol. The lowest BCUT2D eigenvalue weighted by Crippen LogP contribution is -2.27. The SMILES string of the molecule is Cc1ccc(NC(=O)C(N)c2ccccc2)cc1C(F)(F)F. The minimum Gasteiger partial charge on any atom is -0.324 e. The Morgan fingerprint density at radius 3 is 2.36 bits per heavy atom. The van der Waals surface area contributed by atoms with Crippen molar-refractivity contribution >= 4 is 11.6 Å². The Labute approximate surface area is 125 Å². The highest BCUT2D eigenvalue weighted by atomic mass is 19.4. The Hall–Kier alpha value is -2.34. The Morgan fingerprint density at radius 1 is 1.14 bits per heavy atom. The summed E-state index contributed by atoms with van der Waals surface area (Å²) in [4.78, 5) is 12.0. The zero-order valence-electron chi connectivity index (χ0n) is 11.8. The van der Waals surface area contributed by atoms with Crippen LogP contribution in [0.5, 0.6) is 0 Å². The third kappa shape index (κ3) is 3.65. The number of hydrogen-bond acceptors (Lipinski definition) is 2. The summed E-state index contributed by atoms with van der Waals surface area (Å²) in [5.41, 5.74) is 5.77. The van der Waals surface area contributed by atoms with Crippen LogP contribution in [0.25, 0.3) is 0 Å². The van der Waals surface area contributed by atoms with Gasteiger partial charge in [0.2, 0.25) is 5.91 Å². The number of benzene rings is 2. The highest BCUT2D eigenvalue weighted by molar-refractivity contribution is 5.95. The topological polar surface area (TPSA) is 55.1 Å². The van der Waals surface area contributed by atoms with Crippen molar-refractivity contribution in [3.8, 4) is 0 Å². The van der Waals surface area contributed by atoms with Crippen LogP contribution in [0.1, 0.15) is 22.7 Å². The predicted molar refractivity (Wildman–Crippen MR) is 78.2 cm³/mol. The smallest absolute Gasteiger partial charge is 0.324 e. The molecular weight excluding hydrogens is 293 g/mol. The largest absolute Gasteiger partial charge is 0.416 e. The molecule has 0 saturated heterocycles. The van der Waals surface area contributed by atoms with Crippen molar-refractivity contribution < 1.29 is 18.0 Å². The van der Waals surface area contributed by atoms with Crippen LogP contribution >= 0.6 is 0 Å². The minimum absolute atomic E-state index is 0.0642. The van der Waals surface area contributed by atoms with Crippen molar-refractivity contribution in [1.29, 1.82) is 0 Å². The first kappa shape index (κ1) is 16.0. The Bertz CT molecular complexity index is 669. The van der Waals surface area contributed by atoms with E-state index in [0.29, 0.717) is 5.56 Å². The number of carbonyl (C=O) groups is 1. The number of rotatable bonds is 3. The van der Waals surface area contributed by atoms with Crippen LogP contribution in [-0.2, 0) is 11.0 Å². The molecule has 1 atom stereocenters. The van der Waals surface area contributed by atoms with E-state index in [1.165, 1.54) is 19.1 Å². The fourth-order valence-electron chi connectivity index (χ4n) is 2.04. The van der Waals surface area contributed by atoms with Gasteiger partial charge in [0.25, 0.3) is 0 Å². The number of hydrogen-bond donors (Lipinski definition) is 2. The number of anilines is 1. The second kappa shape index (κ2) is 6.19. The maximum absolute atomic E-state index is 12.9. The molecule has 0 aliphatic carbocycles. The van der Waals surface area contributed by atoms with Crippen LogP contribution in [0, 0.1) is 6.92 Å². The molecule has 1 unspecified atom stereocenters. The molecule has 2 aromatic carbocycles. The summed E-state index contributed by atoms with van der Waals surface area (Å²) in [6.07, 6.45) is -4.47. The zero-order valence-corrected chi connectivity index (χ0v) is 11.8. The molecule has 3 nitrogen and oxygen atoms in total. The van der Waals surface area contributed by atoms with E-state index in [1.807, 2.05) is 0 Å². The molecule has 0 radical (unpaired) electrons. The second-order valence-electron chi connectivity index (χ2n) is 4.91. The van der Waals surface area contributed by atoms with Gasteiger partial charge in [0.1, 0.15) is 6.04 Å². The summed E-state index contributed by atoms with van der Waals surface area (Å²) < 4.78 is 38.6. The van der Waals surface area contributed by atoms with Crippen molar-refractivity contribution in [2.45, 2.75) is 19.1 Å². The molecule has 0 spiro atoms. The lowest BCUT2D eigenvalue weighted by molar-refractivity contribution is -0.138. The minimum atomic E-state index is -4.47. The first-order chi connectivity index (χ1) is 10.3. The molecule has 0 bridgehead atoms. The van der Waals surface area contributed by atoms with Gasteiger partial charge in [-0.25, -0.2) is 0 Å². The third-order valence-corrected chi connectivity index (χ3v) is 3.25. The van der Waals surface area contributed by atoms with Crippen LogP contribution in [0.15, 0.2) is 48.5 Å². The van der Waals surface area contributed by atoms with E-state index in [0.717, 1.165) is 6.07 Å². The van der Waals surface area contributed by atoms with E-state index < -0.39 is 23.7 Å². The number of aryl methyl sites for hydroxylation is 1. The van der Waals surface area contributed by atoms with E-state index >= 15 is 0 Å². The molecule has 6 heteroatoms. The second-order valence-corrected chi connectivity index (χ2v) is 4.91. The number of nitrogens with one attached hydrogen (secondary N) is 1. The quantitative estimate of drug-likeness (QED) is 0.909. The average molecular weight is 308 g/mol. The van der Waals surface area contributed by atoms with Crippen molar-refractivity contribution in [3.05, 3.63) is 65.2 Å². The maximum Gasteiger partial charge on any atom is 0.416 e. The van der Waals surface area contributed by atoms with Crippen molar-refractivity contribution in [2.24, 2.45) is 5.73 Å². The highest BCUT2D eigenvalue weighted by Gasteiger charge is 2.32. The summed E-state index contributed by atoms with van der Waals surface area (Å²) >= 11 is 0. The fraction of sp³-hybridized carbons (Fsp3) is 0.188. The summed E-state index contributed by atoms with van der Waals surface area (Å²) in [6.45, 7) is 1.37. The van der Waals surface area contributed by atoms with Crippen LogP contribution < -0.4 is 11.1 Å². The molecule has 3 N–H and O–H groups in total. The fourth-order valence-corrected chi connectivity index (χ4v) is 2.04. The van der Waals surface area contributed by atoms with Gasteiger partial charge in [-0.1, -0.05) is 36.4 Å². The third-order valence-electron chi connectivity index (χ3n) is 3.25. The van der Waals surface area contributed by atoms with Crippen molar-refractivity contribution in [1.82, 2.24) is 0 Å². The summed E-state index contributed by atoms with van der Waals surface area (Å²) in [6, 6.07) is 11.3. The van der Waals surface area contributed by atoms with Gasteiger partial charge in [-0.3, -0.25) is 4.79 Å². The Kier molecular flexibility index (Phi) is 4.51. The lowest BCUT2D eigenvalue weighted by atomic mass is 10.1. The molecule has 0 aliphatic rings. The molecule has 2 aromatic rings. The van der Waals surface area contributed by atoms with Crippen molar-refractivity contribution in [3.63, 3.8) is 0 Å². The van der Waals surface area contributed by atoms with Crippen LogP contribution in [0.3, 0.4) is 0 Å². The van der Waals surface area contributed by atoms with E-state index in [9.17, 15) is 18.0 Å². The number of amides is 1. The van der Waals surface area contributed by atoms with Gasteiger partial charge in [0, 0.05) is 5.69 Å². The average Bonchev–Trinajstić information content (AvgIpc) is 2.48. The van der Waals surface area contributed by atoms with Gasteiger partial charge in [-0.15, -0.1) is 0 Å². The van der Waals surface area contributed by atoms with Gasteiger partial charge in [0.15, 0.2) is 0 Å². The molecule has 0 saturated carbocycles. The van der Waals surface area contributed by atoms with E-state index in [4.69, 9.17) is 5.73 Å². The van der Waals surface area contributed by atoms with E-state index in [2.05, 4.69) is 5.32 Å². The molecule has 1 amide bonds. The van der Waals surface area contributed by atoms with Crippen LogP contribution in [0.4, 0.5) is 18.9 Å². The molecular formula is C16H15F3N2O. The molecule has 2 rings (SSSR count). The molecule has 0 aromatic heterocycles. The van der Waals surface area contributed by atoms with Gasteiger partial charge in [-0.2, -0.15) is 13.2 Å². The first-order valence-electron chi connectivity index (χ1n) is 6.58. The number of alkyl halides is 3. The standard InChI is InChI=1S/C16H15F3N2O/c1-10-7-8-12(9-13(10)16(17,18)19)21-15(22)14(20)11-5-3-2-4-6-11/h2-9,14H,20H2,1H3,(H,21,22). The Morgan fingerprint density at radius 2 is 1.77 bits per heavy atom.